The van der Waals surface area contributed by atoms with Crippen molar-refractivity contribution in [3.63, 3.8) is 0 Å². The average molecular weight is 195 g/mol. The lowest BCUT2D eigenvalue weighted by atomic mass is 10.5. The number of hydrogen-bond donors (Lipinski definition) is 0. The molecule has 0 aliphatic heterocycles. The highest BCUT2D eigenvalue weighted by molar-refractivity contribution is 6.29. The van der Waals surface area contributed by atoms with Gasteiger partial charge in [0.25, 0.3) is 0 Å². The molecule has 0 radical (unpaired) electrons. The van der Waals surface area contributed by atoms with E-state index in [2.05, 4.69) is 0 Å². The third-order valence-corrected chi connectivity index (χ3v) is 1.27. The van der Waals surface area contributed by atoms with Gasteiger partial charge in [-0.1, -0.05) is 23.2 Å². The molecule has 11 heavy (non-hydrogen) atoms. The van der Waals surface area contributed by atoms with Gasteiger partial charge in [-0.3, -0.25) is 0 Å². The van der Waals surface area contributed by atoms with E-state index >= 15 is 0 Å². The molecule has 0 spiro atoms. The zero-order valence-electron chi connectivity index (χ0n) is 6.73. The van der Waals surface area contributed by atoms with E-state index in [9.17, 15) is 0 Å². The molecule has 0 atom stereocenters. The SMILES string of the molecule is C/C(Cl)=C\COC/C=C(\C)Cl. The molecule has 0 aromatic heterocycles. The van der Waals surface area contributed by atoms with Gasteiger partial charge in [-0.2, -0.15) is 0 Å². The normalized spacial score (nSPS) is 13.8. The molecule has 1 nitrogen and oxygen atoms in total. The molecule has 0 saturated carbocycles. The van der Waals surface area contributed by atoms with Crippen LogP contribution in [0.3, 0.4) is 0 Å². The van der Waals surface area contributed by atoms with E-state index in [1.807, 2.05) is 13.8 Å². The third-order valence-electron chi connectivity index (χ3n) is 0.965. The molecule has 0 aromatic rings. The predicted octanol–water partition coefficient (Wildman–Crippen LogP) is 3.29. The van der Waals surface area contributed by atoms with Crippen LogP contribution in [0.2, 0.25) is 0 Å². The van der Waals surface area contributed by atoms with Crippen LogP contribution in [0.1, 0.15) is 13.8 Å². The van der Waals surface area contributed by atoms with Crippen molar-refractivity contribution >= 4 is 23.2 Å². The van der Waals surface area contributed by atoms with Gasteiger partial charge in [0.15, 0.2) is 0 Å². The summed E-state index contributed by atoms with van der Waals surface area (Å²) in [5, 5.41) is 1.49. The molecule has 0 aromatic carbocycles. The van der Waals surface area contributed by atoms with Gasteiger partial charge < -0.3 is 4.74 Å². The largest absolute Gasteiger partial charge is 0.373 e. The van der Waals surface area contributed by atoms with E-state index in [0.717, 1.165) is 10.1 Å². The van der Waals surface area contributed by atoms with Crippen molar-refractivity contribution in [1.29, 1.82) is 0 Å². The first-order chi connectivity index (χ1) is 5.13. The van der Waals surface area contributed by atoms with Crippen molar-refractivity contribution in [3.05, 3.63) is 22.2 Å². The topological polar surface area (TPSA) is 9.23 Å². The Labute approximate surface area is 77.6 Å². The summed E-state index contributed by atoms with van der Waals surface area (Å²) in [5.41, 5.74) is 0. The van der Waals surface area contributed by atoms with Crippen LogP contribution < -0.4 is 0 Å². The molecule has 0 fully saturated rings. The highest BCUT2D eigenvalue weighted by Gasteiger charge is 1.83. The van der Waals surface area contributed by atoms with Crippen LogP contribution in [0.4, 0.5) is 0 Å². The van der Waals surface area contributed by atoms with E-state index in [1.165, 1.54) is 0 Å². The lowest BCUT2D eigenvalue weighted by Gasteiger charge is -1.95. The second-order valence-electron chi connectivity index (χ2n) is 2.12. The molecular weight excluding hydrogens is 183 g/mol. The van der Waals surface area contributed by atoms with Crippen molar-refractivity contribution in [1.82, 2.24) is 0 Å². The molecular formula is C8H12Cl2O. The maximum absolute atomic E-state index is 5.56. The Morgan fingerprint density at radius 1 is 1.09 bits per heavy atom. The van der Waals surface area contributed by atoms with Crippen molar-refractivity contribution in [2.24, 2.45) is 0 Å². The summed E-state index contributed by atoms with van der Waals surface area (Å²) in [6.45, 7) is 4.70. The van der Waals surface area contributed by atoms with Crippen molar-refractivity contribution in [3.8, 4) is 0 Å². The van der Waals surface area contributed by atoms with Crippen LogP contribution in [-0.4, -0.2) is 13.2 Å². The van der Waals surface area contributed by atoms with Crippen LogP contribution in [0.5, 0.6) is 0 Å². The monoisotopic (exact) mass is 194 g/mol. The van der Waals surface area contributed by atoms with Gasteiger partial charge in [-0.15, -0.1) is 0 Å². The summed E-state index contributed by atoms with van der Waals surface area (Å²) in [6, 6.07) is 0. The molecule has 0 N–H and O–H groups in total. The Kier molecular flexibility index (Phi) is 6.73. The Morgan fingerprint density at radius 2 is 1.45 bits per heavy atom. The van der Waals surface area contributed by atoms with E-state index < -0.39 is 0 Å². The number of ether oxygens (including phenoxy) is 1. The first-order valence-electron chi connectivity index (χ1n) is 3.35. The quantitative estimate of drug-likeness (QED) is 0.625. The Morgan fingerprint density at radius 3 is 1.73 bits per heavy atom. The molecule has 0 unspecified atom stereocenters. The summed E-state index contributed by atoms with van der Waals surface area (Å²) >= 11 is 11.1. The van der Waals surface area contributed by atoms with Crippen LogP contribution in [-0.2, 0) is 4.74 Å². The van der Waals surface area contributed by atoms with E-state index in [-0.39, 0.29) is 0 Å². The fraction of sp³-hybridized carbons (Fsp3) is 0.500. The predicted molar refractivity (Wildman–Crippen MR) is 50.0 cm³/mol. The van der Waals surface area contributed by atoms with Crippen LogP contribution in [0, 0.1) is 0 Å². The zero-order chi connectivity index (χ0) is 8.69. The summed E-state index contributed by atoms with van der Waals surface area (Å²) in [4.78, 5) is 0. The molecule has 3 heteroatoms. The molecule has 0 amide bonds. The van der Waals surface area contributed by atoms with E-state index in [4.69, 9.17) is 27.9 Å². The molecule has 0 heterocycles. The van der Waals surface area contributed by atoms with Gasteiger partial charge in [-0.05, 0) is 26.0 Å². The Bertz CT molecular complexity index is 135. The summed E-state index contributed by atoms with van der Waals surface area (Å²) in [7, 11) is 0. The van der Waals surface area contributed by atoms with Gasteiger partial charge in [0.2, 0.25) is 0 Å². The fourth-order valence-electron chi connectivity index (χ4n) is 0.416. The summed E-state index contributed by atoms with van der Waals surface area (Å²) < 4.78 is 5.13. The maximum Gasteiger partial charge on any atom is 0.0665 e. The van der Waals surface area contributed by atoms with E-state index in [1.54, 1.807) is 12.2 Å². The van der Waals surface area contributed by atoms with Gasteiger partial charge >= 0.3 is 0 Å². The number of halogens is 2. The zero-order valence-corrected chi connectivity index (χ0v) is 8.24. The second-order valence-corrected chi connectivity index (χ2v) is 3.31. The lowest BCUT2D eigenvalue weighted by molar-refractivity contribution is 0.193. The highest BCUT2D eigenvalue weighted by atomic mass is 35.5. The molecule has 0 rings (SSSR count). The second kappa shape index (κ2) is 6.71. The van der Waals surface area contributed by atoms with Crippen LogP contribution >= 0.6 is 23.2 Å². The highest BCUT2D eigenvalue weighted by Crippen LogP contribution is 1.99. The van der Waals surface area contributed by atoms with Crippen molar-refractivity contribution < 1.29 is 4.74 Å². The van der Waals surface area contributed by atoms with Crippen LogP contribution in [0.25, 0.3) is 0 Å². The van der Waals surface area contributed by atoms with Gasteiger partial charge in [0.05, 0.1) is 13.2 Å². The van der Waals surface area contributed by atoms with Gasteiger partial charge in [0.1, 0.15) is 0 Å². The van der Waals surface area contributed by atoms with Crippen molar-refractivity contribution in [2.45, 2.75) is 13.8 Å². The Balaban J connectivity index is 3.29. The first-order valence-corrected chi connectivity index (χ1v) is 4.11. The fourth-order valence-corrected chi connectivity index (χ4v) is 0.542. The standard InChI is InChI=1S/C8H12Cl2O/c1-7(9)3-5-11-6-4-8(2)10/h3-4H,5-6H2,1-2H3/b7-3+,8-4+. The molecule has 0 saturated heterocycles. The average Bonchev–Trinajstić information content (AvgIpc) is 1.85. The minimum absolute atomic E-state index is 0.538. The van der Waals surface area contributed by atoms with Gasteiger partial charge in [-0.25, -0.2) is 0 Å². The molecule has 0 aliphatic rings. The lowest BCUT2D eigenvalue weighted by Crippen LogP contribution is -1.90. The molecule has 0 aliphatic carbocycles. The molecule has 0 bridgehead atoms. The van der Waals surface area contributed by atoms with Crippen molar-refractivity contribution in [2.75, 3.05) is 13.2 Å². The summed E-state index contributed by atoms with van der Waals surface area (Å²) in [5.74, 6) is 0. The Hall–Kier alpha value is 0.0200. The smallest absolute Gasteiger partial charge is 0.0665 e. The van der Waals surface area contributed by atoms with Gasteiger partial charge in [0, 0.05) is 10.1 Å². The first kappa shape index (κ1) is 11.0. The number of hydrogen-bond acceptors (Lipinski definition) is 1. The molecule has 64 valence electrons. The van der Waals surface area contributed by atoms with E-state index in [0.29, 0.717) is 13.2 Å². The van der Waals surface area contributed by atoms with Crippen LogP contribution in [0.15, 0.2) is 22.2 Å². The number of allylic oxidation sites excluding steroid dienone is 2. The maximum atomic E-state index is 5.56. The minimum Gasteiger partial charge on any atom is -0.373 e. The summed E-state index contributed by atoms with van der Waals surface area (Å²) in [6.07, 6.45) is 3.61. The minimum atomic E-state index is 0.538. The number of rotatable bonds is 4. The third kappa shape index (κ3) is 10.0.